The Morgan fingerprint density at radius 3 is 2.47 bits per heavy atom. The molecule has 0 aliphatic rings. The van der Waals surface area contributed by atoms with Gasteiger partial charge in [0.25, 0.3) is 0 Å². The number of esters is 2. The number of phenolic OH excluding ortho intramolecular Hbond substituents is 1. The summed E-state index contributed by atoms with van der Waals surface area (Å²) in [4.78, 5) is 21.8. The Bertz CT molecular complexity index is 397. The average Bonchev–Trinajstić information content (AvgIpc) is 2.14. The van der Waals surface area contributed by atoms with Crippen LogP contribution in [0.3, 0.4) is 0 Å². The molecule has 0 fully saturated rings. The van der Waals surface area contributed by atoms with Gasteiger partial charge in [0.2, 0.25) is 0 Å². The van der Waals surface area contributed by atoms with Crippen LogP contribution < -0.4 is 4.74 Å². The lowest BCUT2D eigenvalue weighted by molar-refractivity contribution is -0.131. The van der Waals surface area contributed by atoms with Crippen LogP contribution in [-0.2, 0) is 9.53 Å². The van der Waals surface area contributed by atoms with E-state index in [1.165, 1.54) is 32.2 Å². The summed E-state index contributed by atoms with van der Waals surface area (Å²) in [5.74, 6) is -1.22. The van der Waals surface area contributed by atoms with Crippen molar-refractivity contribution in [2.75, 3.05) is 7.11 Å². The second-order valence-electron chi connectivity index (χ2n) is 2.80. The molecule has 5 nitrogen and oxygen atoms in total. The molecule has 15 heavy (non-hydrogen) atoms. The number of hydrogen-bond acceptors (Lipinski definition) is 5. The van der Waals surface area contributed by atoms with Crippen LogP contribution in [0.25, 0.3) is 0 Å². The van der Waals surface area contributed by atoms with E-state index < -0.39 is 11.9 Å². The van der Waals surface area contributed by atoms with E-state index >= 15 is 0 Å². The molecular weight excluding hydrogens is 200 g/mol. The maximum absolute atomic E-state index is 11.1. The van der Waals surface area contributed by atoms with Crippen molar-refractivity contribution >= 4 is 11.9 Å². The molecule has 0 heterocycles. The van der Waals surface area contributed by atoms with Crippen LogP contribution >= 0.6 is 0 Å². The molecule has 0 unspecified atom stereocenters. The number of hydrogen-bond donors (Lipinski definition) is 1. The van der Waals surface area contributed by atoms with Crippen LogP contribution in [-0.4, -0.2) is 24.2 Å². The molecule has 0 spiro atoms. The van der Waals surface area contributed by atoms with Crippen molar-refractivity contribution in [3.63, 3.8) is 0 Å². The van der Waals surface area contributed by atoms with E-state index in [0.29, 0.717) is 0 Å². The first kappa shape index (κ1) is 11.0. The molecule has 1 aromatic rings. The van der Waals surface area contributed by atoms with Gasteiger partial charge in [-0.3, -0.25) is 4.79 Å². The Hall–Kier alpha value is -2.04. The second kappa shape index (κ2) is 4.45. The molecule has 80 valence electrons. The van der Waals surface area contributed by atoms with Crippen molar-refractivity contribution in [1.82, 2.24) is 0 Å². The quantitative estimate of drug-likeness (QED) is 0.584. The number of phenols is 1. The molecule has 0 amide bonds. The number of carbonyl (C=O) groups is 2. The van der Waals surface area contributed by atoms with Crippen molar-refractivity contribution in [3.8, 4) is 11.5 Å². The summed E-state index contributed by atoms with van der Waals surface area (Å²) in [7, 11) is 1.22. The highest BCUT2D eigenvalue weighted by molar-refractivity contribution is 5.90. The zero-order valence-corrected chi connectivity index (χ0v) is 8.31. The van der Waals surface area contributed by atoms with E-state index in [9.17, 15) is 14.7 Å². The molecular formula is C10H10O5. The molecule has 0 bridgehead atoms. The fourth-order valence-electron chi connectivity index (χ4n) is 1.04. The van der Waals surface area contributed by atoms with Gasteiger partial charge in [0.1, 0.15) is 11.5 Å². The Morgan fingerprint density at radius 1 is 1.27 bits per heavy atom. The lowest BCUT2D eigenvalue weighted by Crippen LogP contribution is -2.04. The van der Waals surface area contributed by atoms with Crippen LogP contribution in [0.5, 0.6) is 11.5 Å². The lowest BCUT2D eigenvalue weighted by Gasteiger charge is -2.04. The van der Waals surface area contributed by atoms with E-state index in [-0.39, 0.29) is 17.1 Å². The van der Waals surface area contributed by atoms with Crippen molar-refractivity contribution < 1.29 is 24.2 Å². The minimum absolute atomic E-state index is 0.0999. The molecule has 1 N–H and O–H groups in total. The Labute approximate surface area is 86.2 Å². The number of carbonyl (C=O) groups excluding carboxylic acids is 2. The number of aromatic hydroxyl groups is 1. The van der Waals surface area contributed by atoms with Crippen LogP contribution in [0.15, 0.2) is 18.2 Å². The molecule has 1 rings (SSSR count). The van der Waals surface area contributed by atoms with Gasteiger partial charge < -0.3 is 14.6 Å². The van der Waals surface area contributed by atoms with Crippen LogP contribution in [0, 0.1) is 0 Å². The number of ether oxygens (including phenoxy) is 2. The molecule has 5 heteroatoms. The maximum atomic E-state index is 11.1. The first-order valence-electron chi connectivity index (χ1n) is 4.13. The summed E-state index contributed by atoms with van der Waals surface area (Å²) in [6.07, 6.45) is 0. The topological polar surface area (TPSA) is 72.8 Å². The van der Waals surface area contributed by atoms with E-state index in [1.807, 2.05) is 0 Å². The highest BCUT2D eigenvalue weighted by Gasteiger charge is 2.10. The summed E-state index contributed by atoms with van der Waals surface area (Å²) in [6.45, 7) is 1.22. The second-order valence-corrected chi connectivity index (χ2v) is 2.80. The van der Waals surface area contributed by atoms with Crippen molar-refractivity contribution in [2.24, 2.45) is 0 Å². The summed E-state index contributed by atoms with van der Waals surface area (Å²) >= 11 is 0. The molecule has 0 saturated carbocycles. The summed E-state index contributed by atoms with van der Waals surface area (Å²) < 4.78 is 9.18. The van der Waals surface area contributed by atoms with Crippen LogP contribution in [0.1, 0.15) is 17.3 Å². The third-order valence-corrected chi connectivity index (χ3v) is 1.57. The van der Waals surface area contributed by atoms with Crippen molar-refractivity contribution in [1.29, 1.82) is 0 Å². The van der Waals surface area contributed by atoms with E-state index in [2.05, 4.69) is 4.74 Å². The summed E-state index contributed by atoms with van der Waals surface area (Å²) in [6, 6.07) is 3.76. The van der Waals surface area contributed by atoms with Crippen LogP contribution in [0.4, 0.5) is 0 Å². The average molecular weight is 210 g/mol. The Kier molecular flexibility index (Phi) is 3.28. The van der Waals surface area contributed by atoms with Gasteiger partial charge >= 0.3 is 11.9 Å². The third-order valence-electron chi connectivity index (χ3n) is 1.57. The van der Waals surface area contributed by atoms with Gasteiger partial charge in [-0.15, -0.1) is 0 Å². The normalized spacial score (nSPS) is 9.47. The van der Waals surface area contributed by atoms with Gasteiger partial charge in [-0.2, -0.15) is 0 Å². The molecule has 0 saturated heterocycles. The van der Waals surface area contributed by atoms with E-state index in [0.717, 1.165) is 0 Å². The van der Waals surface area contributed by atoms with Crippen molar-refractivity contribution in [2.45, 2.75) is 6.92 Å². The lowest BCUT2D eigenvalue weighted by atomic mass is 10.2. The van der Waals surface area contributed by atoms with E-state index in [4.69, 9.17) is 4.74 Å². The minimum Gasteiger partial charge on any atom is -0.508 e. The highest BCUT2D eigenvalue weighted by Crippen LogP contribution is 2.22. The van der Waals surface area contributed by atoms with Gasteiger partial charge in [0.05, 0.1) is 12.7 Å². The molecule has 0 aliphatic carbocycles. The Morgan fingerprint density at radius 2 is 1.93 bits per heavy atom. The first-order chi connectivity index (χ1) is 7.02. The predicted octanol–water partition coefficient (Wildman–Crippen LogP) is 1.10. The molecule has 0 aliphatic heterocycles. The van der Waals surface area contributed by atoms with Crippen molar-refractivity contribution in [3.05, 3.63) is 23.8 Å². The number of benzene rings is 1. The zero-order chi connectivity index (χ0) is 11.4. The monoisotopic (exact) mass is 210 g/mol. The van der Waals surface area contributed by atoms with Gasteiger partial charge in [-0.25, -0.2) is 4.79 Å². The molecule has 0 atom stereocenters. The van der Waals surface area contributed by atoms with E-state index in [1.54, 1.807) is 0 Å². The standard InChI is InChI=1S/C10H10O5/c1-6(11)15-9-4-7(10(13)14-2)3-8(12)5-9/h3-5,12H,1-2H3. The van der Waals surface area contributed by atoms with Gasteiger partial charge in [-0.1, -0.05) is 0 Å². The summed E-state index contributed by atoms with van der Waals surface area (Å²) in [5.41, 5.74) is 0.119. The SMILES string of the molecule is COC(=O)c1cc(O)cc(OC(C)=O)c1. The highest BCUT2D eigenvalue weighted by atomic mass is 16.5. The first-order valence-corrected chi connectivity index (χ1v) is 4.13. The maximum Gasteiger partial charge on any atom is 0.338 e. The number of methoxy groups -OCH3 is 1. The predicted molar refractivity (Wildman–Crippen MR) is 50.8 cm³/mol. The minimum atomic E-state index is -0.612. The largest absolute Gasteiger partial charge is 0.508 e. The van der Waals surface area contributed by atoms with Gasteiger partial charge in [-0.05, 0) is 12.1 Å². The fourth-order valence-corrected chi connectivity index (χ4v) is 1.04. The molecule has 0 aromatic heterocycles. The Balaban J connectivity index is 3.04. The smallest absolute Gasteiger partial charge is 0.338 e. The van der Waals surface area contributed by atoms with Gasteiger partial charge in [0, 0.05) is 13.0 Å². The molecule has 1 aromatic carbocycles. The molecule has 0 radical (unpaired) electrons. The zero-order valence-electron chi connectivity index (χ0n) is 8.31. The van der Waals surface area contributed by atoms with Crippen LogP contribution in [0.2, 0.25) is 0 Å². The number of rotatable bonds is 2. The summed E-state index contributed by atoms with van der Waals surface area (Å²) in [5, 5.41) is 9.25. The van der Waals surface area contributed by atoms with Gasteiger partial charge in [0.15, 0.2) is 0 Å². The third kappa shape index (κ3) is 2.98. The fraction of sp³-hybridized carbons (Fsp3) is 0.200.